The van der Waals surface area contributed by atoms with Crippen LogP contribution in [-0.2, 0) is 23.9 Å². The number of para-hydroxylation sites is 1. The number of nitrogens with one attached hydrogen (secondary N) is 2. The molecule has 0 spiro atoms. The summed E-state index contributed by atoms with van der Waals surface area (Å²) in [6.45, 7) is 6.38. The minimum absolute atomic E-state index is 0.0520. The number of esters is 2. The van der Waals surface area contributed by atoms with Crippen LogP contribution in [0.5, 0.6) is 0 Å². The van der Waals surface area contributed by atoms with Crippen molar-refractivity contribution < 1.29 is 23.9 Å². The Balaban J connectivity index is 0.000000446. The molecule has 0 unspecified atom stereocenters. The smallest absolute Gasteiger partial charge is 0.302 e. The predicted molar refractivity (Wildman–Crippen MR) is 91.5 cm³/mol. The molecule has 1 rings (SSSR count). The predicted octanol–water partition coefficient (Wildman–Crippen LogP) is 1.74. The van der Waals surface area contributed by atoms with Crippen LogP contribution >= 0.6 is 0 Å². The van der Waals surface area contributed by atoms with Crippen LogP contribution in [-0.4, -0.2) is 44.1 Å². The lowest BCUT2D eigenvalue weighted by atomic mass is 10.3. The van der Waals surface area contributed by atoms with Crippen LogP contribution in [0.15, 0.2) is 30.3 Å². The molecule has 0 aliphatic heterocycles. The Kier molecular flexibility index (Phi) is 12.8. The Morgan fingerprint density at radius 3 is 1.83 bits per heavy atom. The van der Waals surface area contributed by atoms with E-state index in [1.54, 1.807) is 0 Å². The number of ether oxygens (including phenoxy) is 2. The molecule has 0 aromatic heterocycles. The summed E-state index contributed by atoms with van der Waals surface area (Å²) in [4.78, 5) is 31.5. The lowest BCUT2D eigenvalue weighted by Gasteiger charge is -2.04. The number of benzene rings is 1. The van der Waals surface area contributed by atoms with Crippen molar-refractivity contribution in [3.8, 4) is 0 Å². The van der Waals surface area contributed by atoms with E-state index < -0.39 is 0 Å². The Morgan fingerprint density at radius 2 is 1.42 bits per heavy atom. The molecule has 0 heterocycles. The number of amides is 1. The summed E-state index contributed by atoms with van der Waals surface area (Å²) in [5.41, 5.74) is 0.861. The number of hydrogen-bond donors (Lipinski definition) is 2. The van der Waals surface area contributed by atoms with E-state index >= 15 is 0 Å². The molecule has 0 aliphatic rings. The molecule has 7 nitrogen and oxygen atoms in total. The van der Waals surface area contributed by atoms with Crippen molar-refractivity contribution in [1.82, 2.24) is 5.32 Å². The van der Waals surface area contributed by atoms with Crippen molar-refractivity contribution >= 4 is 23.5 Å². The molecule has 0 bridgehead atoms. The zero-order valence-electron chi connectivity index (χ0n) is 14.5. The second-order valence-electron chi connectivity index (χ2n) is 4.70. The Hall–Kier alpha value is -2.41. The van der Waals surface area contributed by atoms with E-state index in [0.29, 0.717) is 32.7 Å². The van der Waals surface area contributed by atoms with E-state index in [1.165, 1.54) is 13.8 Å². The lowest BCUT2D eigenvalue weighted by molar-refractivity contribution is -0.141. The third-order valence-electron chi connectivity index (χ3n) is 2.55. The van der Waals surface area contributed by atoms with Crippen LogP contribution in [0.4, 0.5) is 5.69 Å². The molecule has 0 aliphatic carbocycles. The summed E-state index contributed by atoms with van der Waals surface area (Å²) in [5, 5.41) is 5.69. The van der Waals surface area contributed by atoms with Gasteiger partial charge in [0.05, 0.1) is 0 Å². The first kappa shape index (κ1) is 21.6. The molecular formula is C17H26N2O5. The molecule has 24 heavy (non-hydrogen) atoms. The summed E-state index contributed by atoms with van der Waals surface area (Å²) < 4.78 is 9.32. The van der Waals surface area contributed by atoms with Gasteiger partial charge >= 0.3 is 11.9 Å². The van der Waals surface area contributed by atoms with Crippen molar-refractivity contribution in [2.75, 3.05) is 31.6 Å². The summed E-state index contributed by atoms with van der Waals surface area (Å²) in [7, 11) is 0. The van der Waals surface area contributed by atoms with Gasteiger partial charge < -0.3 is 20.1 Å². The van der Waals surface area contributed by atoms with Crippen molar-refractivity contribution in [3.63, 3.8) is 0 Å². The molecule has 0 saturated carbocycles. The van der Waals surface area contributed by atoms with Gasteiger partial charge in [-0.1, -0.05) is 25.1 Å². The summed E-state index contributed by atoms with van der Waals surface area (Å²) in [5.74, 6) is -0.528. The molecule has 0 atom stereocenters. The van der Waals surface area contributed by atoms with E-state index in [0.717, 1.165) is 5.69 Å². The molecule has 2 N–H and O–H groups in total. The zero-order valence-corrected chi connectivity index (χ0v) is 14.5. The maximum absolute atomic E-state index is 10.9. The van der Waals surface area contributed by atoms with Gasteiger partial charge in [0.15, 0.2) is 0 Å². The maximum atomic E-state index is 10.9. The van der Waals surface area contributed by atoms with E-state index in [2.05, 4.69) is 20.1 Å². The summed E-state index contributed by atoms with van der Waals surface area (Å²) >= 11 is 0. The third-order valence-corrected chi connectivity index (χ3v) is 2.55. The van der Waals surface area contributed by atoms with E-state index in [-0.39, 0.29) is 17.8 Å². The lowest BCUT2D eigenvalue weighted by Crippen LogP contribution is -2.25. The first-order chi connectivity index (χ1) is 11.5. The standard InChI is InChI=1S/C9H11NO.C8H15NO4/c1-2-9(11)10-8-6-4-3-5-7-8;1-7(10)12-5-3-9-4-6-13-8(2)11/h3-7H,2H2,1H3,(H,10,11);9H,3-6H2,1-2H3. The molecular weight excluding hydrogens is 312 g/mol. The largest absolute Gasteiger partial charge is 0.465 e. The number of hydrogen-bond acceptors (Lipinski definition) is 6. The molecule has 0 saturated heterocycles. The van der Waals surface area contributed by atoms with Crippen LogP contribution < -0.4 is 10.6 Å². The van der Waals surface area contributed by atoms with E-state index in [9.17, 15) is 14.4 Å². The van der Waals surface area contributed by atoms with Gasteiger partial charge in [0.2, 0.25) is 5.91 Å². The topological polar surface area (TPSA) is 93.7 Å². The minimum atomic E-state index is -0.290. The second-order valence-corrected chi connectivity index (χ2v) is 4.70. The number of rotatable bonds is 8. The highest BCUT2D eigenvalue weighted by Gasteiger charge is 1.95. The molecule has 7 heteroatoms. The second kappa shape index (κ2) is 14.2. The van der Waals surface area contributed by atoms with Crippen molar-refractivity contribution in [3.05, 3.63) is 30.3 Å². The molecule has 1 amide bonds. The van der Waals surface area contributed by atoms with Crippen LogP contribution in [0, 0.1) is 0 Å². The Labute approximate surface area is 142 Å². The van der Waals surface area contributed by atoms with Crippen LogP contribution in [0.25, 0.3) is 0 Å². The summed E-state index contributed by atoms with van der Waals surface area (Å²) in [6.07, 6.45) is 0.523. The SMILES string of the molecule is CC(=O)OCCNCCOC(C)=O.CCC(=O)Nc1ccccc1. The normalized spacial score (nSPS) is 9.29. The summed E-state index contributed by atoms with van der Waals surface area (Å²) in [6, 6.07) is 9.44. The van der Waals surface area contributed by atoms with Gasteiger partial charge in [0, 0.05) is 39.0 Å². The van der Waals surface area contributed by atoms with Gasteiger partial charge in [0.1, 0.15) is 13.2 Å². The molecule has 0 fully saturated rings. The molecule has 0 radical (unpaired) electrons. The highest BCUT2D eigenvalue weighted by Crippen LogP contribution is 2.04. The molecule has 134 valence electrons. The van der Waals surface area contributed by atoms with Crippen molar-refractivity contribution in [2.45, 2.75) is 27.2 Å². The fourth-order valence-corrected chi connectivity index (χ4v) is 1.43. The number of carbonyl (C=O) groups is 3. The van der Waals surface area contributed by atoms with Crippen LogP contribution in [0.3, 0.4) is 0 Å². The van der Waals surface area contributed by atoms with E-state index in [1.807, 2.05) is 37.3 Å². The number of anilines is 1. The highest BCUT2D eigenvalue weighted by atomic mass is 16.5. The van der Waals surface area contributed by atoms with Gasteiger partial charge in [-0.05, 0) is 12.1 Å². The van der Waals surface area contributed by atoms with Gasteiger partial charge in [-0.25, -0.2) is 0 Å². The van der Waals surface area contributed by atoms with Gasteiger partial charge in [-0.2, -0.15) is 0 Å². The Morgan fingerprint density at radius 1 is 0.917 bits per heavy atom. The zero-order chi connectivity index (χ0) is 18.2. The van der Waals surface area contributed by atoms with Gasteiger partial charge in [-0.3, -0.25) is 14.4 Å². The fraction of sp³-hybridized carbons (Fsp3) is 0.471. The van der Waals surface area contributed by atoms with Crippen molar-refractivity contribution in [2.24, 2.45) is 0 Å². The van der Waals surface area contributed by atoms with E-state index in [4.69, 9.17) is 0 Å². The molecule has 1 aromatic rings. The average molecular weight is 338 g/mol. The Bertz CT molecular complexity index is 473. The quantitative estimate of drug-likeness (QED) is 0.554. The number of carbonyl (C=O) groups excluding carboxylic acids is 3. The first-order valence-electron chi connectivity index (χ1n) is 7.78. The average Bonchev–Trinajstić information content (AvgIpc) is 2.55. The van der Waals surface area contributed by atoms with Crippen molar-refractivity contribution in [1.29, 1.82) is 0 Å². The van der Waals surface area contributed by atoms with Crippen LogP contribution in [0.2, 0.25) is 0 Å². The van der Waals surface area contributed by atoms with Crippen LogP contribution in [0.1, 0.15) is 27.2 Å². The third kappa shape index (κ3) is 14.5. The highest BCUT2D eigenvalue weighted by molar-refractivity contribution is 5.90. The first-order valence-corrected chi connectivity index (χ1v) is 7.78. The van der Waals surface area contributed by atoms with Gasteiger partial charge in [0.25, 0.3) is 0 Å². The minimum Gasteiger partial charge on any atom is -0.465 e. The monoisotopic (exact) mass is 338 g/mol. The van der Waals surface area contributed by atoms with Gasteiger partial charge in [-0.15, -0.1) is 0 Å². The maximum Gasteiger partial charge on any atom is 0.302 e. The fourth-order valence-electron chi connectivity index (χ4n) is 1.43. The molecule has 1 aromatic carbocycles.